The molecule has 0 radical (unpaired) electrons. The Kier molecular flexibility index (Phi) is 7.04. The van der Waals surface area contributed by atoms with Crippen molar-refractivity contribution < 1.29 is 14.0 Å². The van der Waals surface area contributed by atoms with Gasteiger partial charge in [-0.1, -0.05) is 22.0 Å². The zero-order valence-corrected chi connectivity index (χ0v) is 13.2. The van der Waals surface area contributed by atoms with Gasteiger partial charge in [-0.05, 0) is 25.2 Å². The molecule has 3 amide bonds. The highest BCUT2D eigenvalue weighted by molar-refractivity contribution is 9.10. The maximum Gasteiger partial charge on any atom is 0.321 e. The number of carbonyl (C=O) groups is 2. The Morgan fingerprint density at radius 3 is 2.86 bits per heavy atom. The zero-order valence-electron chi connectivity index (χ0n) is 11.7. The molecule has 0 aliphatic heterocycles. The van der Waals surface area contributed by atoms with E-state index >= 15 is 0 Å². The Bertz CT molecular complexity index is 537. The molecule has 7 heteroatoms. The van der Waals surface area contributed by atoms with E-state index in [0.29, 0.717) is 5.56 Å². The maximum absolute atomic E-state index is 13.6. The molecule has 0 aliphatic rings. The summed E-state index contributed by atoms with van der Waals surface area (Å²) in [4.78, 5) is 24.5. The molecule has 0 aliphatic carbocycles. The molecule has 1 rings (SSSR count). The van der Waals surface area contributed by atoms with Gasteiger partial charge in [-0.25, -0.2) is 9.18 Å². The van der Waals surface area contributed by atoms with Crippen molar-refractivity contribution in [1.82, 2.24) is 15.5 Å². The minimum absolute atomic E-state index is 0.0204. The molecule has 0 spiro atoms. The first-order valence-electron chi connectivity index (χ1n) is 6.23. The normalized spacial score (nSPS) is 10.3. The van der Waals surface area contributed by atoms with Gasteiger partial charge in [-0.3, -0.25) is 15.0 Å². The van der Waals surface area contributed by atoms with Gasteiger partial charge in [-0.15, -0.1) is 6.58 Å². The van der Waals surface area contributed by atoms with Crippen LogP contribution < -0.4 is 10.6 Å². The second-order valence-corrected chi connectivity index (χ2v) is 5.37. The molecule has 1 aromatic carbocycles. The number of halogens is 2. The van der Waals surface area contributed by atoms with Crippen LogP contribution in [0.4, 0.5) is 9.18 Å². The van der Waals surface area contributed by atoms with E-state index in [1.54, 1.807) is 24.1 Å². The van der Waals surface area contributed by atoms with Gasteiger partial charge in [0.1, 0.15) is 5.82 Å². The molecule has 0 fully saturated rings. The molecule has 114 valence electrons. The van der Waals surface area contributed by atoms with Crippen LogP contribution in [0.15, 0.2) is 35.3 Å². The first kappa shape index (κ1) is 17.3. The fraction of sp³-hybridized carbons (Fsp3) is 0.286. The predicted molar refractivity (Wildman–Crippen MR) is 82.2 cm³/mol. The van der Waals surface area contributed by atoms with Crippen molar-refractivity contribution in [3.05, 3.63) is 46.7 Å². The average Bonchev–Trinajstić information content (AvgIpc) is 2.40. The van der Waals surface area contributed by atoms with Crippen LogP contribution in [0.1, 0.15) is 5.56 Å². The van der Waals surface area contributed by atoms with Crippen molar-refractivity contribution >= 4 is 27.9 Å². The van der Waals surface area contributed by atoms with Crippen molar-refractivity contribution in [1.29, 1.82) is 0 Å². The molecule has 0 bridgehead atoms. The zero-order chi connectivity index (χ0) is 15.8. The fourth-order valence-electron chi connectivity index (χ4n) is 1.63. The van der Waals surface area contributed by atoms with Crippen LogP contribution in [0.25, 0.3) is 0 Å². The summed E-state index contributed by atoms with van der Waals surface area (Å²) < 4.78 is 14.4. The third kappa shape index (κ3) is 6.50. The van der Waals surface area contributed by atoms with Crippen LogP contribution in [0.3, 0.4) is 0 Å². The Balaban J connectivity index is 2.47. The lowest BCUT2D eigenvalue weighted by atomic mass is 10.2. The number of benzene rings is 1. The molecular weight excluding hydrogens is 341 g/mol. The minimum Gasteiger partial charge on any atom is -0.334 e. The number of hydrogen-bond donors (Lipinski definition) is 2. The summed E-state index contributed by atoms with van der Waals surface area (Å²) in [6.07, 6.45) is 1.51. The standard InChI is InChI=1S/C14H17BrFN3O2/c1-3-6-17-14(21)18-13(20)9-19(2)8-10-7-11(15)4-5-12(10)16/h3-5,7H,1,6,8-9H2,2H3,(H2,17,18,20,21). The van der Waals surface area contributed by atoms with E-state index in [1.165, 1.54) is 12.1 Å². The van der Waals surface area contributed by atoms with E-state index in [4.69, 9.17) is 0 Å². The maximum atomic E-state index is 13.6. The molecule has 0 saturated carbocycles. The van der Waals surface area contributed by atoms with Gasteiger partial charge in [0, 0.05) is 23.1 Å². The van der Waals surface area contributed by atoms with Crippen molar-refractivity contribution in [2.24, 2.45) is 0 Å². The number of nitrogens with one attached hydrogen (secondary N) is 2. The number of carbonyl (C=O) groups excluding carboxylic acids is 2. The van der Waals surface area contributed by atoms with Crippen molar-refractivity contribution in [3.8, 4) is 0 Å². The number of imide groups is 1. The largest absolute Gasteiger partial charge is 0.334 e. The molecule has 0 atom stereocenters. The first-order chi connectivity index (χ1) is 9.92. The van der Waals surface area contributed by atoms with E-state index < -0.39 is 11.9 Å². The number of hydrogen-bond acceptors (Lipinski definition) is 3. The minimum atomic E-state index is -0.582. The summed E-state index contributed by atoms with van der Waals surface area (Å²) in [5, 5.41) is 4.61. The second kappa shape index (κ2) is 8.53. The Morgan fingerprint density at radius 2 is 2.19 bits per heavy atom. The average molecular weight is 358 g/mol. The molecule has 5 nitrogen and oxygen atoms in total. The Labute approximate surface area is 131 Å². The highest BCUT2D eigenvalue weighted by atomic mass is 79.9. The van der Waals surface area contributed by atoms with Gasteiger partial charge in [-0.2, -0.15) is 0 Å². The van der Waals surface area contributed by atoms with Gasteiger partial charge in [0.05, 0.1) is 6.54 Å². The van der Waals surface area contributed by atoms with E-state index in [-0.39, 0.29) is 25.5 Å². The van der Waals surface area contributed by atoms with Crippen LogP contribution in [-0.2, 0) is 11.3 Å². The van der Waals surface area contributed by atoms with Crippen LogP contribution in [0.5, 0.6) is 0 Å². The van der Waals surface area contributed by atoms with Crippen molar-refractivity contribution in [2.75, 3.05) is 20.1 Å². The summed E-state index contributed by atoms with van der Waals surface area (Å²) in [6.45, 7) is 3.96. The monoisotopic (exact) mass is 357 g/mol. The number of urea groups is 1. The first-order valence-corrected chi connectivity index (χ1v) is 7.02. The number of likely N-dealkylation sites (N-methyl/N-ethyl adjacent to an activating group) is 1. The van der Waals surface area contributed by atoms with Gasteiger partial charge in [0.15, 0.2) is 0 Å². The van der Waals surface area contributed by atoms with E-state index in [0.717, 1.165) is 4.47 Å². The number of rotatable bonds is 6. The van der Waals surface area contributed by atoms with E-state index in [1.807, 2.05) is 0 Å². The van der Waals surface area contributed by atoms with Crippen LogP contribution in [0, 0.1) is 5.82 Å². The molecule has 1 aromatic rings. The quantitative estimate of drug-likeness (QED) is 0.765. The van der Waals surface area contributed by atoms with Crippen molar-refractivity contribution in [3.63, 3.8) is 0 Å². The fourth-order valence-corrected chi connectivity index (χ4v) is 2.04. The van der Waals surface area contributed by atoms with Crippen LogP contribution >= 0.6 is 15.9 Å². The molecule has 0 heterocycles. The van der Waals surface area contributed by atoms with Gasteiger partial charge in [0.25, 0.3) is 0 Å². The summed E-state index contributed by atoms with van der Waals surface area (Å²) >= 11 is 3.27. The molecule has 0 unspecified atom stereocenters. The van der Waals surface area contributed by atoms with Gasteiger partial charge < -0.3 is 5.32 Å². The smallest absolute Gasteiger partial charge is 0.321 e. The molecular formula is C14H17BrFN3O2. The summed E-state index contributed by atoms with van der Waals surface area (Å²) in [6, 6.07) is 4.04. The van der Waals surface area contributed by atoms with Crippen molar-refractivity contribution in [2.45, 2.75) is 6.54 Å². The molecule has 2 N–H and O–H groups in total. The summed E-state index contributed by atoms with van der Waals surface area (Å²) in [5.41, 5.74) is 0.468. The topological polar surface area (TPSA) is 61.4 Å². The Hall–Kier alpha value is -1.73. The molecule has 0 saturated heterocycles. The number of amides is 3. The number of nitrogens with zero attached hydrogens (tertiary/aromatic N) is 1. The van der Waals surface area contributed by atoms with Crippen LogP contribution in [0.2, 0.25) is 0 Å². The third-order valence-corrected chi connectivity index (χ3v) is 3.01. The van der Waals surface area contributed by atoms with E-state index in [9.17, 15) is 14.0 Å². The summed E-state index contributed by atoms with van der Waals surface area (Å²) in [5.74, 6) is -0.802. The van der Waals surface area contributed by atoms with E-state index in [2.05, 4.69) is 33.1 Å². The lowest BCUT2D eigenvalue weighted by molar-refractivity contribution is -0.120. The lowest BCUT2D eigenvalue weighted by Crippen LogP contribution is -2.43. The second-order valence-electron chi connectivity index (χ2n) is 4.45. The van der Waals surface area contributed by atoms with Gasteiger partial charge >= 0.3 is 6.03 Å². The highest BCUT2D eigenvalue weighted by Gasteiger charge is 2.12. The van der Waals surface area contributed by atoms with Gasteiger partial charge in [0.2, 0.25) is 5.91 Å². The predicted octanol–water partition coefficient (Wildman–Crippen LogP) is 2.03. The summed E-state index contributed by atoms with van der Waals surface area (Å²) in [7, 11) is 1.67. The third-order valence-electron chi connectivity index (χ3n) is 2.52. The van der Waals surface area contributed by atoms with Crippen LogP contribution in [-0.4, -0.2) is 37.0 Å². The Morgan fingerprint density at radius 1 is 1.48 bits per heavy atom. The lowest BCUT2D eigenvalue weighted by Gasteiger charge is -2.16. The highest BCUT2D eigenvalue weighted by Crippen LogP contribution is 2.16. The molecule has 21 heavy (non-hydrogen) atoms. The SMILES string of the molecule is C=CCNC(=O)NC(=O)CN(C)Cc1cc(Br)ccc1F. The molecule has 0 aromatic heterocycles.